The number of ether oxygens (including phenoxy) is 1. The third-order valence-electron chi connectivity index (χ3n) is 9.31. The molecule has 4 fully saturated rings. The fourth-order valence-corrected chi connectivity index (χ4v) is 6.83. The second-order valence-corrected chi connectivity index (χ2v) is 14.0. The summed E-state index contributed by atoms with van der Waals surface area (Å²) in [6.07, 6.45) is 7.61. The van der Waals surface area contributed by atoms with Crippen LogP contribution in [0.25, 0.3) is 0 Å². The molecule has 2 unspecified atom stereocenters. The van der Waals surface area contributed by atoms with Crippen LogP contribution < -0.4 is 16.1 Å². The molecule has 42 heavy (non-hydrogen) atoms. The van der Waals surface area contributed by atoms with Gasteiger partial charge in [0.15, 0.2) is 0 Å². The van der Waals surface area contributed by atoms with Gasteiger partial charge in [-0.05, 0) is 69.1 Å². The maximum atomic E-state index is 14.2. The molecule has 4 aliphatic rings. The maximum absolute atomic E-state index is 14.2. The summed E-state index contributed by atoms with van der Waals surface area (Å²) >= 11 is 0. The third-order valence-corrected chi connectivity index (χ3v) is 9.31. The van der Waals surface area contributed by atoms with Crippen LogP contribution in [0.2, 0.25) is 0 Å². The van der Waals surface area contributed by atoms with Crippen molar-refractivity contribution in [3.8, 4) is 0 Å². The SMILES string of the molecule is C=CCONC(=O)C(=O)C(CC1CC1)NC(=O)[C@@H]1[C@@H]2C(CN1C(=O)[C@@H](NC(=O)OC(C)(C)C)C1CCCCC1)C2(C)C. The minimum Gasteiger partial charge on any atom is -0.444 e. The number of hydrogen-bond donors (Lipinski definition) is 3. The second kappa shape index (κ2) is 12.7. The van der Waals surface area contributed by atoms with E-state index < -0.39 is 47.4 Å². The Labute approximate surface area is 248 Å². The normalized spacial score (nSPS) is 26.3. The van der Waals surface area contributed by atoms with Gasteiger partial charge in [0.25, 0.3) is 0 Å². The molecule has 0 aromatic carbocycles. The number of piperidine rings is 1. The van der Waals surface area contributed by atoms with E-state index in [9.17, 15) is 24.0 Å². The number of amides is 4. The number of hydrogen-bond acceptors (Lipinski definition) is 7. The lowest BCUT2D eigenvalue weighted by molar-refractivity contribution is -0.148. The summed E-state index contributed by atoms with van der Waals surface area (Å²) in [5.41, 5.74) is 1.24. The standard InChI is InChI=1S/C31H48N4O7/c1-7-15-41-34-27(38)25(36)21(16-18-13-14-18)32-26(37)24-22-20(31(22,5)6)17-35(24)28(39)23(19-11-9-8-10-12-19)33-29(40)42-30(2,3)4/h7,18-24H,1,8-17H2,2-6H3,(H,32,37)(H,33,40)(H,34,38)/t20?,21?,22-,23-,24-/m0/s1. The molecule has 3 N–H and O–H groups in total. The Morgan fingerprint density at radius 1 is 1.02 bits per heavy atom. The smallest absolute Gasteiger partial charge is 0.408 e. The number of ketones is 1. The van der Waals surface area contributed by atoms with Crippen molar-refractivity contribution in [1.29, 1.82) is 0 Å². The van der Waals surface area contributed by atoms with Crippen LogP contribution in [-0.2, 0) is 28.8 Å². The maximum Gasteiger partial charge on any atom is 0.408 e. The van der Waals surface area contributed by atoms with E-state index in [-0.39, 0.29) is 41.6 Å². The lowest BCUT2D eigenvalue weighted by Crippen LogP contribution is -2.60. The van der Waals surface area contributed by atoms with Gasteiger partial charge in [-0.3, -0.25) is 24.0 Å². The number of hydroxylamine groups is 1. The minimum atomic E-state index is -1.02. The van der Waals surface area contributed by atoms with Crippen LogP contribution >= 0.6 is 0 Å². The number of carbonyl (C=O) groups excluding carboxylic acids is 5. The van der Waals surface area contributed by atoms with Gasteiger partial charge in [0.1, 0.15) is 17.7 Å². The molecule has 234 valence electrons. The number of alkyl carbamates (subject to hydrolysis) is 1. The number of Topliss-reactive ketones (excluding diaryl/α,β-unsaturated/α-hetero) is 1. The van der Waals surface area contributed by atoms with Crippen LogP contribution in [0.3, 0.4) is 0 Å². The number of fused-ring (bicyclic) bond motifs is 1. The average molecular weight is 589 g/mol. The van der Waals surface area contributed by atoms with E-state index in [1.54, 1.807) is 25.7 Å². The zero-order valence-electron chi connectivity index (χ0n) is 25.7. The van der Waals surface area contributed by atoms with Crippen molar-refractivity contribution in [2.45, 2.75) is 110 Å². The molecule has 4 amide bonds. The molecule has 0 spiro atoms. The molecule has 1 aliphatic heterocycles. The highest BCUT2D eigenvalue weighted by molar-refractivity contribution is 6.38. The number of carbonyl (C=O) groups is 5. The number of rotatable bonds is 12. The molecule has 0 bridgehead atoms. The lowest BCUT2D eigenvalue weighted by atomic mass is 9.83. The molecular formula is C31H48N4O7. The third kappa shape index (κ3) is 7.51. The van der Waals surface area contributed by atoms with Crippen LogP contribution in [0.5, 0.6) is 0 Å². The summed E-state index contributed by atoms with van der Waals surface area (Å²) in [6.45, 7) is 13.4. The molecule has 3 aliphatic carbocycles. The van der Waals surface area contributed by atoms with E-state index in [1.165, 1.54) is 6.08 Å². The number of nitrogens with zero attached hydrogens (tertiary/aromatic N) is 1. The van der Waals surface area contributed by atoms with Crippen molar-refractivity contribution in [3.05, 3.63) is 12.7 Å². The first kappa shape index (κ1) is 32.0. The average Bonchev–Trinajstić information content (AvgIpc) is 3.77. The molecule has 4 rings (SSSR count). The molecule has 11 nitrogen and oxygen atoms in total. The fourth-order valence-electron chi connectivity index (χ4n) is 6.83. The van der Waals surface area contributed by atoms with Crippen LogP contribution in [0.15, 0.2) is 12.7 Å². The highest BCUT2D eigenvalue weighted by Crippen LogP contribution is 2.65. The van der Waals surface area contributed by atoms with Gasteiger partial charge in [-0.1, -0.05) is 52.0 Å². The summed E-state index contributed by atoms with van der Waals surface area (Å²) in [7, 11) is 0. The van der Waals surface area contributed by atoms with Crippen LogP contribution in [0.4, 0.5) is 4.79 Å². The minimum absolute atomic E-state index is 0.0372. The summed E-state index contributed by atoms with van der Waals surface area (Å²) in [5, 5.41) is 5.69. The Balaban J connectivity index is 1.53. The van der Waals surface area contributed by atoms with Gasteiger partial charge < -0.3 is 20.3 Å². The van der Waals surface area contributed by atoms with Gasteiger partial charge in [-0.15, -0.1) is 6.58 Å². The van der Waals surface area contributed by atoms with Gasteiger partial charge in [0.2, 0.25) is 17.6 Å². The molecule has 1 heterocycles. The van der Waals surface area contributed by atoms with E-state index >= 15 is 0 Å². The van der Waals surface area contributed by atoms with Crippen LogP contribution in [0, 0.1) is 29.1 Å². The fraction of sp³-hybridized carbons (Fsp3) is 0.774. The molecular weight excluding hydrogens is 540 g/mol. The molecule has 0 aromatic heterocycles. The van der Waals surface area contributed by atoms with Crippen LogP contribution in [-0.4, -0.2) is 71.4 Å². The first-order valence-electron chi connectivity index (χ1n) is 15.4. The molecule has 11 heteroatoms. The summed E-state index contributed by atoms with van der Waals surface area (Å²) in [4.78, 5) is 73.1. The van der Waals surface area contributed by atoms with Gasteiger partial charge in [0, 0.05) is 6.54 Å². The summed E-state index contributed by atoms with van der Waals surface area (Å²) in [6, 6.07) is -2.64. The summed E-state index contributed by atoms with van der Waals surface area (Å²) < 4.78 is 5.50. The van der Waals surface area contributed by atoms with E-state index in [0.29, 0.717) is 13.0 Å². The van der Waals surface area contributed by atoms with E-state index in [4.69, 9.17) is 9.57 Å². The predicted octanol–water partition coefficient (Wildman–Crippen LogP) is 3.03. The lowest BCUT2D eigenvalue weighted by Gasteiger charge is -2.37. The van der Waals surface area contributed by atoms with Gasteiger partial charge in [0.05, 0.1) is 12.6 Å². The molecule has 5 atom stereocenters. The van der Waals surface area contributed by atoms with Crippen LogP contribution in [0.1, 0.15) is 86.0 Å². The van der Waals surface area contributed by atoms with E-state index in [0.717, 1.165) is 44.9 Å². The van der Waals surface area contributed by atoms with Gasteiger partial charge in [-0.25, -0.2) is 10.3 Å². The molecule has 0 aromatic rings. The van der Waals surface area contributed by atoms with Crippen molar-refractivity contribution in [2.24, 2.45) is 29.1 Å². The zero-order valence-corrected chi connectivity index (χ0v) is 25.7. The number of likely N-dealkylation sites (tertiary alicyclic amines) is 1. The molecule has 0 radical (unpaired) electrons. The quantitative estimate of drug-likeness (QED) is 0.138. The van der Waals surface area contributed by atoms with E-state index in [2.05, 4.69) is 36.5 Å². The van der Waals surface area contributed by atoms with Crippen molar-refractivity contribution in [2.75, 3.05) is 13.2 Å². The van der Waals surface area contributed by atoms with Crippen molar-refractivity contribution in [1.82, 2.24) is 21.0 Å². The Morgan fingerprint density at radius 3 is 2.29 bits per heavy atom. The van der Waals surface area contributed by atoms with Gasteiger partial charge >= 0.3 is 12.0 Å². The largest absolute Gasteiger partial charge is 0.444 e. The first-order valence-corrected chi connectivity index (χ1v) is 15.4. The second-order valence-electron chi connectivity index (χ2n) is 14.0. The monoisotopic (exact) mass is 588 g/mol. The Bertz CT molecular complexity index is 1070. The van der Waals surface area contributed by atoms with Gasteiger partial charge in [-0.2, -0.15) is 0 Å². The molecule has 1 saturated heterocycles. The van der Waals surface area contributed by atoms with Crippen molar-refractivity contribution >= 4 is 29.6 Å². The topological polar surface area (TPSA) is 143 Å². The first-order chi connectivity index (χ1) is 19.7. The zero-order chi connectivity index (χ0) is 30.8. The Morgan fingerprint density at radius 2 is 1.69 bits per heavy atom. The Hall–Kier alpha value is -2.95. The molecule has 3 saturated carbocycles. The Kier molecular flexibility index (Phi) is 9.69. The highest BCUT2D eigenvalue weighted by Gasteiger charge is 2.69. The van der Waals surface area contributed by atoms with Crippen molar-refractivity contribution in [3.63, 3.8) is 0 Å². The van der Waals surface area contributed by atoms with Crippen molar-refractivity contribution < 1.29 is 33.5 Å². The number of nitrogens with one attached hydrogen (secondary N) is 3. The highest BCUT2D eigenvalue weighted by atomic mass is 16.6. The predicted molar refractivity (Wildman–Crippen MR) is 155 cm³/mol. The van der Waals surface area contributed by atoms with E-state index in [1.807, 2.05) is 0 Å². The summed E-state index contributed by atoms with van der Waals surface area (Å²) in [5.74, 6) is -2.23.